The van der Waals surface area contributed by atoms with Crippen LogP contribution in [-0.4, -0.2) is 24.9 Å². The summed E-state index contributed by atoms with van der Waals surface area (Å²) >= 11 is 0. The molecule has 0 atom stereocenters. The summed E-state index contributed by atoms with van der Waals surface area (Å²) in [5.74, 6) is 0.320. The summed E-state index contributed by atoms with van der Waals surface area (Å²) in [4.78, 5) is 7.58. The molecule has 0 aromatic carbocycles. The molecule has 0 amide bonds. The second kappa shape index (κ2) is 4.29. The first-order valence-electron chi connectivity index (χ1n) is 4.17. The second-order valence-electron chi connectivity index (χ2n) is 2.75. The Bertz CT molecular complexity index is 371. The Hall–Kier alpha value is -1.59. The molecule has 3 nitrogen and oxygen atoms in total. The summed E-state index contributed by atoms with van der Waals surface area (Å²) in [5, 5.41) is 2.67. The summed E-state index contributed by atoms with van der Waals surface area (Å²) in [6.07, 6.45) is -3.25. The van der Waals surface area contributed by atoms with Crippen LogP contribution in [-0.2, 0) is 6.18 Å². The molecular formula is C9H10F3N3. The van der Waals surface area contributed by atoms with Crippen LogP contribution >= 0.6 is 0 Å². The third-order valence-electron chi connectivity index (χ3n) is 1.79. The molecule has 0 fully saturated rings. The normalized spacial score (nSPS) is 12.7. The van der Waals surface area contributed by atoms with Gasteiger partial charge in [0.1, 0.15) is 11.5 Å². The van der Waals surface area contributed by atoms with Crippen molar-refractivity contribution in [1.29, 1.82) is 0 Å². The number of rotatable bonds is 1. The van der Waals surface area contributed by atoms with E-state index in [4.69, 9.17) is 0 Å². The lowest BCUT2D eigenvalue weighted by Gasteiger charge is -2.08. The maximum Gasteiger partial charge on any atom is 0.416 e. The molecule has 1 N–H and O–H groups in total. The molecule has 0 aliphatic carbocycles. The smallest absolute Gasteiger partial charge is 0.372 e. The quantitative estimate of drug-likeness (QED) is 0.574. The molecule has 0 spiro atoms. The van der Waals surface area contributed by atoms with E-state index in [2.05, 4.69) is 15.3 Å². The van der Waals surface area contributed by atoms with E-state index in [9.17, 15) is 13.2 Å². The SMILES string of the molecule is C/N=C(\NC)c1cc(C(F)(F)F)ccn1. The van der Waals surface area contributed by atoms with Crippen molar-refractivity contribution in [1.82, 2.24) is 10.3 Å². The molecule has 0 aliphatic heterocycles. The van der Waals surface area contributed by atoms with Gasteiger partial charge in [-0.1, -0.05) is 0 Å². The fourth-order valence-electron chi connectivity index (χ4n) is 1.09. The van der Waals surface area contributed by atoms with E-state index in [1.54, 1.807) is 7.05 Å². The van der Waals surface area contributed by atoms with Gasteiger partial charge in [0.05, 0.1) is 5.56 Å². The third-order valence-corrected chi connectivity index (χ3v) is 1.79. The van der Waals surface area contributed by atoms with Gasteiger partial charge < -0.3 is 5.32 Å². The van der Waals surface area contributed by atoms with Gasteiger partial charge in [0.25, 0.3) is 0 Å². The topological polar surface area (TPSA) is 37.3 Å². The lowest BCUT2D eigenvalue weighted by Crippen LogP contribution is -2.21. The molecular weight excluding hydrogens is 207 g/mol. The van der Waals surface area contributed by atoms with Gasteiger partial charge in [-0.05, 0) is 12.1 Å². The number of nitrogens with one attached hydrogen (secondary N) is 1. The first-order chi connectivity index (χ1) is 6.99. The average Bonchev–Trinajstić information content (AvgIpc) is 2.19. The molecule has 0 unspecified atom stereocenters. The second-order valence-corrected chi connectivity index (χ2v) is 2.75. The summed E-state index contributed by atoms with van der Waals surface area (Å²) < 4.78 is 37.1. The Morgan fingerprint density at radius 1 is 1.47 bits per heavy atom. The van der Waals surface area contributed by atoms with Crippen molar-refractivity contribution in [2.75, 3.05) is 14.1 Å². The number of amidine groups is 1. The van der Waals surface area contributed by atoms with E-state index in [0.717, 1.165) is 18.3 Å². The van der Waals surface area contributed by atoms with Crippen LogP contribution in [0.15, 0.2) is 23.3 Å². The van der Waals surface area contributed by atoms with Crippen LogP contribution < -0.4 is 5.32 Å². The molecule has 1 aromatic heterocycles. The number of pyridine rings is 1. The number of nitrogens with zero attached hydrogens (tertiary/aromatic N) is 2. The van der Waals surface area contributed by atoms with Crippen molar-refractivity contribution in [3.8, 4) is 0 Å². The van der Waals surface area contributed by atoms with Gasteiger partial charge in [-0.25, -0.2) is 0 Å². The molecule has 1 heterocycles. The molecule has 0 saturated heterocycles. The summed E-state index contributed by atoms with van der Waals surface area (Å²) in [7, 11) is 3.05. The van der Waals surface area contributed by atoms with Gasteiger partial charge in [-0.15, -0.1) is 0 Å². The number of aromatic nitrogens is 1. The Kier molecular flexibility index (Phi) is 3.28. The average molecular weight is 217 g/mol. The van der Waals surface area contributed by atoms with Gasteiger partial charge in [-0.2, -0.15) is 13.2 Å². The number of alkyl halides is 3. The molecule has 15 heavy (non-hydrogen) atoms. The highest BCUT2D eigenvalue weighted by atomic mass is 19.4. The Morgan fingerprint density at radius 3 is 2.60 bits per heavy atom. The standard InChI is InChI=1S/C9H10F3N3/c1-13-8(14-2)7-5-6(3-4-15-7)9(10,11)12/h3-5H,1-2H3,(H,13,14). The number of hydrogen-bond acceptors (Lipinski definition) is 2. The monoisotopic (exact) mass is 217 g/mol. The highest BCUT2D eigenvalue weighted by Crippen LogP contribution is 2.28. The predicted octanol–water partition coefficient (Wildman–Crippen LogP) is 1.70. The molecule has 0 aliphatic rings. The maximum atomic E-state index is 12.4. The number of aliphatic imine (C=N–C) groups is 1. The van der Waals surface area contributed by atoms with Crippen LogP contribution in [0.3, 0.4) is 0 Å². The molecule has 0 radical (unpaired) electrons. The van der Waals surface area contributed by atoms with Crippen LogP contribution in [0.2, 0.25) is 0 Å². The molecule has 1 rings (SSSR count). The summed E-state index contributed by atoms with van der Waals surface area (Å²) in [6, 6.07) is 1.88. The van der Waals surface area contributed by atoms with Crippen molar-refractivity contribution in [3.05, 3.63) is 29.6 Å². The minimum atomic E-state index is -4.36. The summed E-state index contributed by atoms with van der Waals surface area (Å²) in [5.41, 5.74) is -0.557. The van der Waals surface area contributed by atoms with Crippen molar-refractivity contribution in [2.45, 2.75) is 6.18 Å². The third kappa shape index (κ3) is 2.68. The lowest BCUT2D eigenvalue weighted by atomic mass is 10.2. The van der Waals surface area contributed by atoms with E-state index in [0.29, 0.717) is 5.84 Å². The molecule has 0 bridgehead atoms. The van der Waals surface area contributed by atoms with E-state index in [1.807, 2.05) is 0 Å². The zero-order valence-electron chi connectivity index (χ0n) is 8.26. The van der Waals surface area contributed by atoms with Crippen molar-refractivity contribution in [3.63, 3.8) is 0 Å². The van der Waals surface area contributed by atoms with Gasteiger partial charge in [0.15, 0.2) is 0 Å². The largest absolute Gasteiger partial charge is 0.416 e. The van der Waals surface area contributed by atoms with E-state index in [-0.39, 0.29) is 5.69 Å². The van der Waals surface area contributed by atoms with E-state index in [1.165, 1.54) is 7.05 Å². The van der Waals surface area contributed by atoms with Gasteiger partial charge in [0.2, 0.25) is 0 Å². The maximum absolute atomic E-state index is 12.4. The molecule has 6 heteroatoms. The highest BCUT2D eigenvalue weighted by molar-refractivity contribution is 5.96. The fourth-order valence-corrected chi connectivity index (χ4v) is 1.09. The lowest BCUT2D eigenvalue weighted by molar-refractivity contribution is -0.137. The zero-order chi connectivity index (χ0) is 11.5. The molecule has 0 saturated carbocycles. The van der Waals surface area contributed by atoms with Crippen LogP contribution in [0, 0.1) is 0 Å². The Labute approximate surface area is 85.1 Å². The van der Waals surface area contributed by atoms with Crippen LogP contribution in [0.25, 0.3) is 0 Å². The molecule has 82 valence electrons. The van der Waals surface area contributed by atoms with Gasteiger partial charge in [-0.3, -0.25) is 9.98 Å². The van der Waals surface area contributed by atoms with Crippen LogP contribution in [0.5, 0.6) is 0 Å². The van der Waals surface area contributed by atoms with Crippen LogP contribution in [0.1, 0.15) is 11.3 Å². The van der Waals surface area contributed by atoms with E-state index >= 15 is 0 Å². The van der Waals surface area contributed by atoms with Crippen molar-refractivity contribution >= 4 is 5.84 Å². The Morgan fingerprint density at radius 2 is 2.13 bits per heavy atom. The fraction of sp³-hybridized carbons (Fsp3) is 0.333. The van der Waals surface area contributed by atoms with Gasteiger partial charge in [0, 0.05) is 20.3 Å². The predicted molar refractivity (Wildman–Crippen MR) is 50.8 cm³/mol. The van der Waals surface area contributed by atoms with Crippen molar-refractivity contribution < 1.29 is 13.2 Å². The first-order valence-corrected chi connectivity index (χ1v) is 4.17. The van der Waals surface area contributed by atoms with Gasteiger partial charge >= 0.3 is 6.18 Å². The van der Waals surface area contributed by atoms with E-state index < -0.39 is 11.7 Å². The minimum Gasteiger partial charge on any atom is -0.372 e. The van der Waals surface area contributed by atoms with Crippen molar-refractivity contribution in [2.24, 2.45) is 4.99 Å². The zero-order valence-corrected chi connectivity index (χ0v) is 8.26. The van der Waals surface area contributed by atoms with Crippen LogP contribution in [0.4, 0.5) is 13.2 Å². The molecule has 1 aromatic rings. The highest BCUT2D eigenvalue weighted by Gasteiger charge is 2.30. The number of halogens is 3. The first kappa shape index (κ1) is 11.5. The Balaban J connectivity index is 3.14. The summed E-state index contributed by atoms with van der Waals surface area (Å²) in [6.45, 7) is 0. The number of hydrogen-bond donors (Lipinski definition) is 1. The minimum absolute atomic E-state index is 0.176.